The van der Waals surface area contributed by atoms with Gasteiger partial charge in [0.2, 0.25) is 5.91 Å². The molecule has 0 fully saturated rings. The minimum absolute atomic E-state index is 0.00433. The number of nitrogen functional groups attached to an aromatic ring is 1. The fraction of sp³-hybridized carbons (Fsp3) is 0.292. The van der Waals surface area contributed by atoms with E-state index in [1.54, 1.807) is 0 Å². The molecule has 0 atom stereocenters. The van der Waals surface area contributed by atoms with Crippen molar-refractivity contribution in [1.29, 1.82) is 0 Å². The molecule has 0 aliphatic rings. The Morgan fingerprint density at radius 3 is 2.42 bits per heavy atom. The van der Waals surface area contributed by atoms with Gasteiger partial charge in [0.15, 0.2) is 5.69 Å². The Balaban J connectivity index is 1.85. The topological polar surface area (TPSA) is 110 Å². The van der Waals surface area contributed by atoms with Gasteiger partial charge in [0.1, 0.15) is 11.6 Å². The SMILES string of the molecule is CCCN(C(=O)CSc1ccc(OCC)cc1)c1c(N)n(Cc2ccccc2)c(=O)[nH]c1=O. The van der Waals surface area contributed by atoms with Crippen molar-refractivity contribution in [3.63, 3.8) is 0 Å². The highest BCUT2D eigenvalue weighted by atomic mass is 32.2. The molecule has 0 radical (unpaired) electrons. The Morgan fingerprint density at radius 2 is 1.79 bits per heavy atom. The van der Waals surface area contributed by atoms with Gasteiger partial charge in [0.25, 0.3) is 5.56 Å². The van der Waals surface area contributed by atoms with Gasteiger partial charge >= 0.3 is 5.69 Å². The lowest BCUT2D eigenvalue weighted by Gasteiger charge is -2.24. The minimum Gasteiger partial charge on any atom is -0.494 e. The van der Waals surface area contributed by atoms with Gasteiger partial charge in [-0.15, -0.1) is 11.8 Å². The highest BCUT2D eigenvalue weighted by Crippen LogP contribution is 2.24. The molecule has 0 saturated carbocycles. The van der Waals surface area contributed by atoms with Crippen LogP contribution in [-0.2, 0) is 11.3 Å². The summed E-state index contributed by atoms with van der Waals surface area (Å²) in [7, 11) is 0. The van der Waals surface area contributed by atoms with Crippen molar-refractivity contribution in [1.82, 2.24) is 9.55 Å². The first-order chi connectivity index (χ1) is 15.9. The number of thioether (sulfide) groups is 1. The number of H-pyrrole nitrogens is 1. The van der Waals surface area contributed by atoms with E-state index >= 15 is 0 Å². The van der Waals surface area contributed by atoms with Crippen molar-refractivity contribution in [2.75, 3.05) is 29.5 Å². The van der Waals surface area contributed by atoms with Crippen molar-refractivity contribution in [3.05, 3.63) is 81.0 Å². The lowest BCUT2D eigenvalue weighted by atomic mass is 10.2. The second-order valence-electron chi connectivity index (χ2n) is 7.30. The monoisotopic (exact) mass is 468 g/mol. The first-order valence-corrected chi connectivity index (χ1v) is 11.8. The van der Waals surface area contributed by atoms with Crippen molar-refractivity contribution >= 4 is 29.2 Å². The summed E-state index contributed by atoms with van der Waals surface area (Å²) in [6.07, 6.45) is 0.621. The predicted octanol–water partition coefficient (Wildman–Crippen LogP) is 3.10. The molecule has 3 aromatic rings. The number of hydrogen-bond acceptors (Lipinski definition) is 6. The number of rotatable bonds is 10. The van der Waals surface area contributed by atoms with E-state index in [0.717, 1.165) is 16.2 Å². The van der Waals surface area contributed by atoms with Gasteiger partial charge in [0, 0.05) is 11.4 Å². The zero-order valence-electron chi connectivity index (χ0n) is 18.7. The quantitative estimate of drug-likeness (QED) is 0.443. The number of carbonyl (C=O) groups excluding carboxylic acids is 1. The second kappa shape index (κ2) is 11.4. The van der Waals surface area contributed by atoms with Crippen LogP contribution in [0, 0.1) is 0 Å². The Labute approximate surface area is 196 Å². The third-order valence-corrected chi connectivity index (χ3v) is 5.91. The molecular weight excluding hydrogens is 440 g/mol. The number of aromatic amines is 1. The number of ether oxygens (including phenoxy) is 1. The smallest absolute Gasteiger partial charge is 0.330 e. The number of nitrogens with zero attached hydrogens (tertiary/aromatic N) is 2. The average molecular weight is 469 g/mol. The molecule has 174 valence electrons. The number of carbonyl (C=O) groups is 1. The van der Waals surface area contributed by atoms with E-state index in [2.05, 4.69) is 4.98 Å². The average Bonchev–Trinajstić information content (AvgIpc) is 2.81. The summed E-state index contributed by atoms with van der Waals surface area (Å²) < 4.78 is 6.72. The van der Waals surface area contributed by atoms with Gasteiger partial charge in [-0.2, -0.15) is 0 Å². The fourth-order valence-electron chi connectivity index (χ4n) is 3.37. The lowest BCUT2D eigenvalue weighted by molar-refractivity contribution is -0.116. The van der Waals surface area contributed by atoms with Gasteiger partial charge < -0.3 is 15.4 Å². The molecule has 8 nitrogen and oxygen atoms in total. The fourth-order valence-corrected chi connectivity index (χ4v) is 4.14. The van der Waals surface area contributed by atoms with E-state index in [1.165, 1.54) is 21.2 Å². The molecular formula is C24H28N4O4S. The maximum Gasteiger partial charge on any atom is 0.330 e. The summed E-state index contributed by atoms with van der Waals surface area (Å²) in [5.41, 5.74) is 5.85. The van der Waals surface area contributed by atoms with E-state index in [9.17, 15) is 14.4 Å². The molecule has 1 heterocycles. The summed E-state index contributed by atoms with van der Waals surface area (Å²) in [6.45, 7) is 4.90. The van der Waals surface area contributed by atoms with Crippen LogP contribution < -0.4 is 26.6 Å². The minimum atomic E-state index is -0.672. The highest BCUT2D eigenvalue weighted by Gasteiger charge is 2.23. The summed E-state index contributed by atoms with van der Waals surface area (Å²) in [6, 6.07) is 16.8. The van der Waals surface area contributed by atoms with E-state index in [-0.39, 0.29) is 29.7 Å². The molecule has 0 saturated heterocycles. The molecule has 0 bridgehead atoms. The molecule has 9 heteroatoms. The lowest BCUT2D eigenvalue weighted by Crippen LogP contribution is -2.42. The van der Waals surface area contributed by atoms with Crippen molar-refractivity contribution in [2.45, 2.75) is 31.7 Å². The Hall–Kier alpha value is -3.46. The first-order valence-electron chi connectivity index (χ1n) is 10.8. The zero-order chi connectivity index (χ0) is 23.8. The van der Waals surface area contributed by atoms with Crippen molar-refractivity contribution in [3.8, 4) is 5.75 Å². The molecule has 3 rings (SSSR count). The van der Waals surface area contributed by atoms with Gasteiger partial charge in [-0.05, 0) is 43.2 Å². The van der Waals surface area contributed by atoms with Crippen LogP contribution in [0.25, 0.3) is 0 Å². The highest BCUT2D eigenvalue weighted by molar-refractivity contribution is 8.00. The Morgan fingerprint density at radius 1 is 1.09 bits per heavy atom. The van der Waals surface area contributed by atoms with Gasteiger partial charge in [0.05, 0.1) is 18.9 Å². The molecule has 1 aromatic heterocycles. The number of anilines is 2. The molecule has 0 aliphatic heterocycles. The number of benzene rings is 2. The first kappa shape index (κ1) is 24.2. The van der Waals surface area contributed by atoms with Crippen LogP contribution in [0.1, 0.15) is 25.8 Å². The maximum atomic E-state index is 13.1. The number of nitrogens with two attached hydrogens (primary N) is 1. The zero-order valence-corrected chi connectivity index (χ0v) is 19.6. The van der Waals surface area contributed by atoms with Crippen LogP contribution in [0.5, 0.6) is 5.75 Å². The standard InChI is InChI=1S/C24H28N4O4S/c1-3-14-27(20(29)16-33-19-12-10-18(11-13-19)32-4-2)21-22(25)28(24(31)26-23(21)30)15-17-8-6-5-7-9-17/h5-13H,3-4,14-16,25H2,1-2H3,(H,26,30,31). The number of hydrogen-bond donors (Lipinski definition) is 2. The second-order valence-corrected chi connectivity index (χ2v) is 8.35. The molecule has 33 heavy (non-hydrogen) atoms. The summed E-state index contributed by atoms with van der Waals surface area (Å²) >= 11 is 1.36. The molecule has 0 aliphatic carbocycles. The number of amides is 1. The third-order valence-electron chi connectivity index (χ3n) is 4.91. The van der Waals surface area contributed by atoms with Crippen LogP contribution in [0.15, 0.2) is 69.1 Å². The van der Waals surface area contributed by atoms with Gasteiger partial charge in [-0.1, -0.05) is 37.3 Å². The molecule has 3 N–H and O–H groups in total. The van der Waals surface area contributed by atoms with Crippen LogP contribution in [-0.4, -0.2) is 34.4 Å². The number of aromatic nitrogens is 2. The van der Waals surface area contributed by atoms with E-state index < -0.39 is 11.2 Å². The maximum absolute atomic E-state index is 13.1. The normalized spacial score (nSPS) is 10.7. The summed E-state index contributed by atoms with van der Waals surface area (Å²) in [5.74, 6) is 0.587. The van der Waals surface area contributed by atoms with Crippen LogP contribution in [0.3, 0.4) is 0 Å². The van der Waals surface area contributed by atoms with E-state index in [4.69, 9.17) is 10.5 Å². The summed E-state index contributed by atoms with van der Waals surface area (Å²) in [5, 5.41) is 0. The Kier molecular flexibility index (Phi) is 8.37. The summed E-state index contributed by atoms with van der Waals surface area (Å²) in [4.78, 5) is 42.9. The Bertz CT molecular complexity index is 1190. The number of nitrogens with one attached hydrogen (secondary N) is 1. The largest absolute Gasteiger partial charge is 0.494 e. The molecule has 1 amide bonds. The van der Waals surface area contributed by atoms with Gasteiger partial charge in [-0.25, -0.2) is 4.79 Å². The van der Waals surface area contributed by atoms with Crippen LogP contribution in [0.2, 0.25) is 0 Å². The molecule has 0 unspecified atom stereocenters. The van der Waals surface area contributed by atoms with E-state index in [1.807, 2.05) is 68.4 Å². The third kappa shape index (κ3) is 6.07. The van der Waals surface area contributed by atoms with Crippen LogP contribution >= 0.6 is 11.8 Å². The van der Waals surface area contributed by atoms with Crippen molar-refractivity contribution in [2.24, 2.45) is 0 Å². The predicted molar refractivity (Wildman–Crippen MR) is 132 cm³/mol. The van der Waals surface area contributed by atoms with Gasteiger partial charge in [-0.3, -0.25) is 19.1 Å². The molecule has 0 spiro atoms. The van der Waals surface area contributed by atoms with Crippen LogP contribution in [0.4, 0.5) is 11.5 Å². The van der Waals surface area contributed by atoms with Crippen molar-refractivity contribution < 1.29 is 9.53 Å². The van der Waals surface area contributed by atoms with E-state index in [0.29, 0.717) is 19.6 Å². The molecule has 2 aromatic carbocycles.